The Kier molecular flexibility index (Phi) is 21.5. The molecular formula is C72H96N4O10S2. The number of carbonyl (C=O) groups excluding carboxylic acids is 2. The van der Waals surface area contributed by atoms with Gasteiger partial charge in [0.25, 0.3) is 0 Å². The summed E-state index contributed by atoms with van der Waals surface area (Å²) in [5, 5.41) is 31.4. The van der Waals surface area contributed by atoms with Crippen molar-refractivity contribution < 1.29 is 46.1 Å². The van der Waals surface area contributed by atoms with Gasteiger partial charge in [0.15, 0.2) is 0 Å². The number of unbranched alkanes of at least 4 members (excludes halogenated alkanes) is 2. The lowest BCUT2D eigenvalue weighted by molar-refractivity contribution is -0.123. The average Bonchev–Trinajstić information content (AvgIpc) is 1.17. The quantitative estimate of drug-likeness (QED) is 0.0398. The fourth-order valence-corrected chi connectivity index (χ4v) is 13.1. The van der Waals surface area contributed by atoms with Crippen LogP contribution in [0.5, 0.6) is 23.0 Å². The molecule has 0 saturated heterocycles. The number of amides is 2. The van der Waals surface area contributed by atoms with E-state index in [1.807, 2.05) is 13.8 Å². The molecular weight excluding hydrogens is 1140 g/mol. The van der Waals surface area contributed by atoms with Gasteiger partial charge in [-0.05, 0) is 166 Å². The summed E-state index contributed by atoms with van der Waals surface area (Å²) >= 11 is 0. The van der Waals surface area contributed by atoms with Gasteiger partial charge in [0.2, 0.25) is 31.9 Å². The summed E-state index contributed by atoms with van der Waals surface area (Å²) in [5.74, 6) is 0.810. The molecule has 2 amide bonds. The van der Waals surface area contributed by atoms with Gasteiger partial charge < -0.3 is 30.3 Å². The number of fused-ring (bicyclic) bond motifs is 8. The second-order valence-corrected chi connectivity index (χ2v) is 31.7. The van der Waals surface area contributed by atoms with E-state index in [-0.39, 0.29) is 42.9 Å². The van der Waals surface area contributed by atoms with Gasteiger partial charge in [-0.1, -0.05) is 167 Å². The molecule has 1 aliphatic carbocycles. The zero-order chi connectivity index (χ0) is 64.9. The Morgan fingerprint density at radius 2 is 0.682 bits per heavy atom. The summed E-state index contributed by atoms with van der Waals surface area (Å²) in [4.78, 5) is 26.6. The number of hydrogen-bond donors (Lipinski definition) is 6. The molecule has 0 aromatic heterocycles. The number of carbonyl (C=O) groups is 2. The van der Waals surface area contributed by atoms with Crippen LogP contribution in [0.25, 0.3) is 0 Å². The van der Waals surface area contributed by atoms with E-state index in [2.05, 4.69) is 152 Å². The van der Waals surface area contributed by atoms with Crippen molar-refractivity contribution >= 4 is 31.9 Å². The Morgan fingerprint density at radius 3 is 0.932 bits per heavy atom. The lowest BCUT2D eigenvalue weighted by Crippen LogP contribution is -2.45. The Morgan fingerprint density at radius 1 is 0.432 bits per heavy atom. The van der Waals surface area contributed by atoms with Gasteiger partial charge in [-0.2, -0.15) is 9.44 Å². The largest absolute Gasteiger partial charge is 0.507 e. The Labute approximate surface area is 525 Å². The van der Waals surface area contributed by atoms with Crippen LogP contribution in [-0.4, -0.2) is 77.2 Å². The average molecular weight is 1240 g/mol. The molecule has 14 nitrogen and oxygen atoms in total. The molecule has 0 unspecified atom stereocenters. The van der Waals surface area contributed by atoms with Gasteiger partial charge in [0.05, 0.1) is 35.1 Å². The van der Waals surface area contributed by atoms with Crippen molar-refractivity contribution in [3.05, 3.63) is 175 Å². The first kappa shape index (κ1) is 68.8. The second-order valence-electron chi connectivity index (χ2n) is 28.2. The number of nitrogens with one attached hydrogen (secondary N) is 4. The smallest absolute Gasteiger partial charge is 0.241 e. The number of hydrogen-bond acceptors (Lipinski definition) is 10. The Balaban J connectivity index is 1.23. The molecule has 6 aromatic carbocycles. The fourth-order valence-electron chi connectivity index (χ4n) is 10.7. The topological polar surface area (TPSA) is 209 Å². The van der Waals surface area contributed by atoms with E-state index in [0.29, 0.717) is 89.2 Å². The van der Waals surface area contributed by atoms with E-state index in [1.54, 1.807) is 24.3 Å². The lowest BCUT2D eigenvalue weighted by Gasteiger charge is -2.28. The molecule has 7 rings (SSSR count). The molecule has 2 atom stereocenters. The zero-order valence-corrected chi connectivity index (χ0v) is 56.5. The summed E-state index contributed by atoms with van der Waals surface area (Å²) in [5.41, 5.74) is 11.4. The minimum absolute atomic E-state index is 0.0865. The van der Waals surface area contributed by atoms with E-state index < -0.39 is 43.9 Å². The molecule has 88 heavy (non-hydrogen) atoms. The van der Waals surface area contributed by atoms with Crippen LogP contribution in [0, 0.1) is 13.8 Å². The first-order chi connectivity index (χ1) is 40.9. The molecule has 0 radical (unpaired) electrons. The number of rotatable bonds is 20. The number of aromatic hydroxyl groups is 2. The number of phenolic OH excluding ortho intramolecular Hbond substituents is 2. The lowest BCUT2D eigenvalue weighted by atomic mass is 9.79. The first-order valence-corrected chi connectivity index (χ1v) is 33.9. The van der Waals surface area contributed by atoms with Crippen molar-refractivity contribution in [3.8, 4) is 23.0 Å². The molecule has 6 aromatic rings. The summed E-state index contributed by atoms with van der Waals surface area (Å²) in [6, 6.07) is 28.1. The maximum absolute atomic E-state index is 13.2. The van der Waals surface area contributed by atoms with E-state index in [0.717, 1.165) is 77.9 Å². The minimum atomic E-state index is -3.92. The number of aryl methyl sites for hydroxylation is 2. The highest BCUT2D eigenvalue weighted by molar-refractivity contribution is 7.89. The van der Waals surface area contributed by atoms with Gasteiger partial charge in [-0.3, -0.25) is 9.59 Å². The van der Waals surface area contributed by atoms with Crippen LogP contribution in [0.1, 0.15) is 201 Å². The van der Waals surface area contributed by atoms with Crippen molar-refractivity contribution in [1.82, 2.24) is 20.1 Å². The monoisotopic (exact) mass is 1240 g/mol. The predicted octanol–water partition coefficient (Wildman–Crippen LogP) is 12.9. The maximum Gasteiger partial charge on any atom is 0.241 e. The number of ether oxygens (including phenoxy) is 2. The van der Waals surface area contributed by atoms with Crippen LogP contribution in [0.2, 0.25) is 0 Å². The van der Waals surface area contributed by atoms with Crippen molar-refractivity contribution in [1.29, 1.82) is 0 Å². The number of phenols is 2. The van der Waals surface area contributed by atoms with Crippen molar-refractivity contribution in [3.63, 3.8) is 0 Å². The number of sulfonamides is 2. The Hall–Kier alpha value is -6.72. The summed E-state index contributed by atoms with van der Waals surface area (Å²) in [7, 11) is -7.83. The SMILES string of the molecule is Cc1ccc(S(=O)(=O)N[C@H](C)C(=O)NCCCCOc2c3cc(C(C)(C)C)cc2Cc2cc(C(C)(C)C)cc(c2O)Cc2cc(C(C)(C)C)cc(c2OCCCCNC(=O)[C@@H](C)NS(=O)(=O)c2ccc(C)cc2)Cc2cc(C(C)(C)C)cc(c2O)C3)cc1. The van der Waals surface area contributed by atoms with E-state index in [1.165, 1.54) is 38.1 Å². The second kappa shape index (κ2) is 27.6. The van der Waals surface area contributed by atoms with Crippen LogP contribution in [0.3, 0.4) is 0 Å². The van der Waals surface area contributed by atoms with Crippen LogP contribution in [0.15, 0.2) is 107 Å². The molecule has 1 aliphatic rings. The highest BCUT2D eigenvalue weighted by Crippen LogP contribution is 2.44. The van der Waals surface area contributed by atoms with Crippen molar-refractivity contribution in [2.24, 2.45) is 0 Å². The van der Waals surface area contributed by atoms with Gasteiger partial charge in [-0.15, -0.1) is 0 Å². The first-order valence-electron chi connectivity index (χ1n) is 30.9. The van der Waals surface area contributed by atoms with Gasteiger partial charge in [-0.25, -0.2) is 16.8 Å². The third-order valence-corrected chi connectivity index (χ3v) is 19.5. The standard InChI is InChI=1S/C72H96N4O10S2/c1-45-21-25-61(26-22-45)87(81,82)75-47(3)67(79)73-29-17-19-31-85-65-53-33-49-37-57(69(5,6)7)39-51(63(49)77)35-55-43-60(72(14,15)16)44-56(36-52-40-58(70(8,9)10)38-50(64(52)78)34-54(65)42-59(41-53)71(11,12)13)66(55)86-32-20-18-30-74-68(80)48(4)76-88(83,84)62-27-23-46(2)24-28-62/h21-28,37-44,47-48,75-78H,17-20,29-36H2,1-16H3,(H,73,79)(H,74,80)/t47-,48-/m1/s1. The summed E-state index contributed by atoms with van der Waals surface area (Å²) < 4.78 is 71.2. The zero-order valence-electron chi connectivity index (χ0n) is 54.9. The molecule has 0 saturated carbocycles. The molecule has 0 heterocycles. The molecule has 0 aliphatic heterocycles. The molecule has 6 N–H and O–H groups in total. The normalized spacial score (nSPS) is 14.0. The highest BCUT2D eigenvalue weighted by Gasteiger charge is 2.30. The molecule has 16 heteroatoms. The van der Waals surface area contributed by atoms with E-state index in [4.69, 9.17) is 9.47 Å². The van der Waals surface area contributed by atoms with Crippen molar-refractivity contribution in [2.45, 2.75) is 206 Å². The van der Waals surface area contributed by atoms with Crippen LogP contribution in [0.4, 0.5) is 0 Å². The summed E-state index contributed by atoms with van der Waals surface area (Å²) in [6.45, 7) is 34.1. The van der Waals surface area contributed by atoms with Gasteiger partial charge >= 0.3 is 0 Å². The third kappa shape index (κ3) is 17.8. The van der Waals surface area contributed by atoms with E-state index >= 15 is 0 Å². The van der Waals surface area contributed by atoms with Gasteiger partial charge in [0, 0.05) is 38.8 Å². The predicted molar refractivity (Wildman–Crippen MR) is 353 cm³/mol. The third-order valence-electron chi connectivity index (χ3n) is 16.4. The van der Waals surface area contributed by atoms with Crippen LogP contribution < -0.4 is 29.6 Å². The summed E-state index contributed by atoms with van der Waals surface area (Å²) in [6.07, 6.45) is 3.51. The van der Waals surface area contributed by atoms with E-state index in [9.17, 15) is 36.6 Å². The number of benzene rings is 6. The maximum atomic E-state index is 13.2. The molecule has 0 spiro atoms. The molecule has 0 fully saturated rings. The van der Waals surface area contributed by atoms with Gasteiger partial charge in [0.1, 0.15) is 23.0 Å². The molecule has 476 valence electrons. The Bertz CT molecular complexity index is 3380. The molecule has 8 bridgehead atoms. The van der Waals surface area contributed by atoms with Crippen LogP contribution in [-0.2, 0) is 77.0 Å². The minimum Gasteiger partial charge on any atom is -0.507 e. The fraction of sp³-hybridized carbons (Fsp3) is 0.472. The highest BCUT2D eigenvalue weighted by atomic mass is 32.2. The van der Waals surface area contributed by atoms with Crippen molar-refractivity contribution in [2.75, 3.05) is 26.3 Å². The van der Waals surface area contributed by atoms with Crippen LogP contribution >= 0.6 is 0 Å².